The Bertz CT molecular complexity index is 771. The number of nitrogens with zero attached hydrogens (tertiary/aromatic N) is 4. The minimum absolute atomic E-state index is 0.314. The maximum Gasteiger partial charge on any atom is 0.494 e. The highest BCUT2D eigenvalue weighted by molar-refractivity contribution is 7.98. The number of benzene rings is 1. The lowest BCUT2D eigenvalue weighted by atomic mass is 9.79. The van der Waals surface area contributed by atoms with Crippen LogP contribution in [0.2, 0.25) is 0 Å². The Balaban J connectivity index is 1.39. The average Bonchev–Trinajstić information content (AvgIpc) is 3.33. The van der Waals surface area contributed by atoms with Crippen molar-refractivity contribution >= 4 is 24.3 Å². The molecule has 144 valence electrons. The highest BCUT2D eigenvalue weighted by atomic mass is 32.2. The van der Waals surface area contributed by atoms with E-state index in [0.29, 0.717) is 6.04 Å². The molecule has 1 saturated carbocycles. The number of aromatic nitrogens is 4. The van der Waals surface area contributed by atoms with Crippen LogP contribution in [0.15, 0.2) is 29.4 Å². The first-order valence-electron chi connectivity index (χ1n) is 9.71. The molecule has 1 saturated heterocycles. The molecule has 8 heteroatoms. The monoisotopic (exact) mass is 386 g/mol. The molecule has 27 heavy (non-hydrogen) atoms. The van der Waals surface area contributed by atoms with Gasteiger partial charge in [0.2, 0.25) is 5.16 Å². The van der Waals surface area contributed by atoms with Gasteiger partial charge in [-0.15, -0.1) is 5.10 Å². The summed E-state index contributed by atoms with van der Waals surface area (Å²) in [6, 6.07) is 8.93. The minimum Gasteiger partial charge on any atom is -0.399 e. The summed E-state index contributed by atoms with van der Waals surface area (Å²) in [4.78, 5) is 0. The Kier molecular flexibility index (Phi) is 5.07. The van der Waals surface area contributed by atoms with Gasteiger partial charge in [0.1, 0.15) is 0 Å². The predicted molar refractivity (Wildman–Crippen MR) is 107 cm³/mol. The van der Waals surface area contributed by atoms with Crippen molar-refractivity contribution in [2.75, 3.05) is 0 Å². The van der Waals surface area contributed by atoms with E-state index < -0.39 is 0 Å². The van der Waals surface area contributed by atoms with E-state index >= 15 is 0 Å². The minimum atomic E-state index is -0.316. The molecule has 1 aromatic heterocycles. The first kappa shape index (κ1) is 19.0. The van der Waals surface area contributed by atoms with Crippen molar-refractivity contribution in [3.05, 3.63) is 29.8 Å². The van der Waals surface area contributed by atoms with E-state index in [1.807, 2.05) is 4.68 Å². The molecule has 2 aliphatic rings. The van der Waals surface area contributed by atoms with E-state index in [1.54, 1.807) is 11.8 Å². The Morgan fingerprint density at radius 3 is 2.33 bits per heavy atom. The summed E-state index contributed by atoms with van der Waals surface area (Å²) >= 11 is 1.70. The van der Waals surface area contributed by atoms with E-state index in [4.69, 9.17) is 9.31 Å². The quantitative estimate of drug-likeness (QED) is 0.580. The maximum absolute atomic E-state index is 6.12. The molecule has 0 bridgehead atoms. The third kappa shape index (κ3) is 3.80. The van der Waals surface area contributed by atoms with Gasteiger partial charge in [-0.2, -0.15) is 0 Å². The van der Waals surface area contributed by atoms with Gasteiger partial charge in [0.15, 0.2) is 0 Å². The topological polar surface area (TPSA) is 62.1 Å². The fourth-order valence-electron chi connectivity index (χ4n) is 3.56. The van der Waals surface area contributed by atoms with Gasteiger partial charge in [-0.3, -0.25) is 0 Å². The Morgan fingerprint density at radius 1 is 1.07 bits per heavy atom. The van der Waals surface area contributed by atoms with Crippen molar-refractivity contribution in [2.45, 2.75) is 81.5 Å². The lowest BCUT2D eigenvalue weighted by Crippen LogP contribution is -2.41. The van der Waals surface area contributed by atoms with Crippen molar-refractivity contribution < 1.29 is 9.31 Å². The fraction of sp³-hybridized carbons (Fsp3) is 0.632. The fourth-order valence-corrected chi connectivity index (χ4v) is 4.46. The van der Waals surface area contributed by atoms with Gasteiger partial charge in [0.25, 0.3) is 0 Å². The molecule has 2 aromatic rings. The molecule has 0 N–H and O–H groups in total. The van der Waals surface area contributed by atoms with Gasteiger partial charge in [0.05, 0.1) is 17.2 Å². The molecule has 0 amide bonds. The molecule has 2 fully saturated rings. The van der Waals surface area contributed by atoms with Crippen LogP contribution >= 0.6 is 11.8 Å². The summed E-state index contributed by atoms with van der Waals surface area (Å²) in [6.07, 6.45) is 4.91. The molecule has 0 atom stereocenters. The standard InChI is InChI=1S/C19H27BN4O2S/c1-18(2)19(3,4)26-20(25-18)15-11-9-14(10-12-15)13-27-17-21-22-23-24(17)16-7-5-6-8-16/h9-12,16H,5-8,13H2,1-4H3. The first-order valence-corrected chi connectivity index (χ1v) is 10.7. The molecule has 0 radical (unpaired) electrons. The van der Waals surface area contributed by atoms with Gasteiger partial charge in [-0.25, -0.2) is 4.68 Å². The van der Waals surface area contributed by atoms with Gasteiger partial charge < -0.3 is 9.31 Å². The summed E-state index contributed by atoms with van der Waals surface area (Å²) in [5.74, 6) is 0.844. The van der Waals surface area contributed by atoms with Gasteiger partial charge in [0, 0.05) is 5.75 Å². The number of rotatable bonds is 5. The number of tetrazole rings is 1. The lowest BCUT2D eigenvalue weighted by molar-refractivity contribution is 0.00578. The summed E-state index contributed by atoms with van der Waals surface area (Å²) < 4.78 is 14.3. The Morgan fingerprint density at radius 2 is 1.70 bits per heavy atom. The second kappa shape index (κ2) is 7.22. The molecule has 0 spiro atoms. The number of hydrogen-bond acceptors (Lipinski definition) is 6. The highest BCUT2D eigenvalue weighted by Crippen LogP contribution is 2.36. The van der Waals surface area contributed by atoms with Gasteiger partial charge in [-0.1, -0.05) is 48.9 Å². The molecule has 0 unspecified atom stereocenters. The van der Waals surface area contributed by atoms with Gasteiger partial charge >= 0.3 is 7.12 Å². The zero-order chi connectivity index (χ0) is 19.1. The molecule has 1 aliphatic heterocycles. The Labute approximate surface area is 165 Å². The number of thioether (sulfide) groups is 1. The lowest BCUT2D eigenvalue weighted by Gasteiger charge is -2.32. The van der Waals surface area contributed by atoms with E-state index in [0.717, 1.165) is 16.4 Å². The SMILES string of the molecule is CC1(C)OB(c2ccc(CSc3nnnn3C3CCCC3)cc2)OC1(C)C. The van der Waals surface area contributed by atoms with Crippen LogP contribution in [0.3, 0.4) is 0 Å². The Hall–Kier alpha value is -1.38. The van der Waals surface area contributed by atoms with Crippen LogP contribution in [-0.2, 0) is 15.1 Å². The van der Waals surface area contributed by atoms with E-state index in [2.05, 4.69) is 67.5 Å². The second-order valence-electron chi connectivity index (χ2n) is 8.46. The third-order valence-electron chi connectivity index (χ3n) is 6.01. The molecular weight excluding hydrogens is 359 g/mol. The third-order valence-corrected chi connectivity index (χ3v) is 7.01. The van der Waals surface area contributed by atoms with E-state index in [9.17, 15) is 0 Å². The van der Waals surface area contributed by atoms with Crippen LogP contribution in [-0.4, -0.2) is 38.5 Å². The van der Waals surface area contributed by atoms with E-state index in [1.165, 1.54) is 31.2 Å². The van der Waals surface area contributed by atoms with Crippen molar-refractivity contribution in [1.29, 1.82) is 0 Å². The predicted octanol–water partition coefficient (Wildman–Crippen LogP) is 3.38. The normalized spacial score (nSPS) is 21.9. The van der Waals surface area contributed by atoms with Crippen LogP contribution < -0.4 is 5.46 Å². The zero-order valence-corrected chi connectivity index (χ0v) is 17.3. The van der Waals surface area contributed by atoms with Gasteiger partial charge in [-0.05, 0) is 62.0 Å². The first-order chi connectivity index (χ1) is 12.9. The molecule has 1 aliphatic carbocycles. The van der Waals surface area contributed by atoms with Crippen LogP contribution in [0.25, 0.3) is 0 Å². The second-order valence-corrected chi connectivity index (χ2v) is 9.41. The molecule has 6 nitrogen and oxygen atoms in total. The van der Waals surface area contributed by atoms with E-state index in [-0.39, 0.29) is 18.3 Å². The molecule has 4 rings (SSSR count). The number of hydrogen-bond donors (Lipinski definition) is 0. The highest BCUT2D eigenvalue weighted by Gasteiger charge is 2.51. The molecular formula is C19H27BN4O2S. The summed E-state index contributed by atoms with van der Waals surface area (Å²) in [7, 11) is -0.314. The van der Waals surface area contributed by atoms with Crippen LogP contribution in [0.5, 0.6) is 0 Å². The molecule has 2 heterocycles. The smallest absolute Gasteiger partial charge is 0.399 e. The van der Waals surface area contributed by atoms with Crippen molar-refractivity contribution in [1.82, 2.24) is 20.2 Å². The summed E-state index contributed by atoms with van der Waals surface area (Å²) in [5, 5.41) is 13.2. The molecule has 1 aromatic carbocycles. The van der Waals surface area contributed by atoms with Crippen LogP contribution in [0.1, 0.15) is 65.0 Å². The largest absolute Gasteiger partial charge is 0.494 e. The summed E-state index contributed by atoms with van der Waals surface area (Å²) in [5.41, 5.74) is 1.66. The summed E-state index contributed by atoms with van der Waals surface area (Å²) in [6.45, 7) is 8.30. The van der Waals surface area contributed by atoms with Crippen molar-refractivity contribution in [3.63, 3.8) is 0 Å². The van der Waals surface area contributed by atoms with Crippen LogP contribution in [0, 0.1) is 0 Å². The van der Waals surface area contributed by atoms with Crippen molar-refractivity contribution in [3.8, 4) is 0 Å². The van der Waals surface area contributed by atoms with Crippen molar-refractivity contribution in [2.24, 2.45) is 0 Å². The zero-order valence-electron chi connectivity index (χ0n) is 16.5. The average molecular weight is 386 g/mol. The van der Waals surface area contributed by atoms with Crippen LogP contribution in [0.4, 0.5) is 0 Å². The maximum atomic E-state index is 6.12.